The highest BCUT2D eigenvalue weighted by Crippen LogP contribution is 2.33. The van der Waals surface area contributed by atoms with Crippen molar-refractivity contribution in [2.45, 2.75) is 31.1 Å². The van der Waals surface area contributed by atoms with E-state index in [1.807, 2.05) is 32.0 Å². The SMILES string of the molecule is Cc1cc(C(=O)C[C@H](c2ccc(S(C)(=O)=O)cc2)c2ccc(Cl)cc2C)ccn1. The second kappa shape index (κ2) is 8.47. The Bertz CT molecular complexity index is 1150. The van der Waals surface area contributed by atoms with Crippen LogP contribution in [0.1, 0.15) is 45.1 Å². The van der Waals surface area contributed by atoms with Crippen LogP contribution in [0, 0.1) is 13.8 Å². The molecule has 0 saturated heterocycles. The minimum atomic E-state index is -3.29. The summed E-state index contributed by atoms with van der Waals surface area (Å²) in [4.78, 5) is 17.4. The van der Waals surface area contributed by atoms with Gasteiger partial charge in [0.15, 0.2) is 15.6 Å². The van der Waals surface area contributed by atoms with Crippen molar-refractivity contribution in [3.63, 3.8) is 0 Å². The number of sulfone groups is 1. The van der Waals surface area contributed by atoms with E-state index in [0.717, 1.165) is 22.4 Å². The summed E-state index contributed by atoms with van der Waals surface area (Å²) in [5, 5.41) is 0.633. The van der Waals surface area contributed by atoms with E-state index >= 15 is 0 Å². The first-order valence-electron chi connectivity index (χ1n) is 9.17. The van der Waals surface area contributed by atoms with Crippen molar-refractivity contribution in [1.29, 1.82) is 0 Å². The zero-order valence-corrected chi connectivity index (χ0v) is 18.1. The van der Waals surface area contributed by atoms with E-state index in [9.17, 15) is 13.2 Å². The van der Waals surface area contributed by atoms with Gasteiger partial charge in [0, 0.05) is 41.1 Å². The lowest BCUT2D eigenvalue weighted by molar-refractivity contribution is 0.0977. The molecule has 0 aliphatic rings. The number of Topliss-reactive ketones (excluding diaryl/α,β-unsaturated/α-hetero) is 1. The number of nitrogens with zero attached hydrogens (tertiary/aromatic N) is 1. The molecule has 1 atom stereocenters. The minimum absolute atomic E-state index is 0.00189. The molecule has 1 aromatic heterocycles. The monoisotopic (exact) mass is 427 g/mol. The highest BCUT2D eigenvalue weighted by molar-refractivity contribution is 7.90. The van der Waals surface area contributed by atoms with Crippen LogP contribution in [0.4, 0.5) is 0 Å². The Kier molecular flexibility index (Phi) is 6.20. The molecule has 0 amide bonds. The molecular formula is C23H22ClNO3S. The number of ketones is 1. The second-order valence-corrected chi connectivity index (χ2v) is 9.66. The molecular weight excluding hydrogens is 406 g/mol. The van der Waals surface area contributed by atoms with Crippen LogP contribution in [-0.4, -0.2) is 25.4 Å². The first-order chi connectivity index (χ1) is 13.6. The molecule has 0 aliphatic heterocycles. The Balaban J connectivity index is 2.03. The van der Waals surface area contributed by atoms with Crippen molar-refractivity contribution in [2.24, 2.45) is 0 Å². The number of pyridine rings is 1. The summed E-state index contributed by atoms with van der Waals surface area (Å²) in [5.41, 5.74) is 4.24. The van der Waals surface area contributed by atoms with Crippen LogP contribution in [0.25, 0.3) is 0 Å². The second-order valence-electron chi connectivity index (χ2n) is 7.21. The smallest absolute Gasteiger partial charge is 0.175 e. The fourth-order valence-corrected chi connectivity index (χ4v) is 4.26. The van der Waals surface area contributed by atoms with Gasteiger partial charge in [-0.05, 0) is 66.9 Å². The van der Waals surface area contributed by atoms with E-state index in [2.05, 4.69) is 4.98 Å². The molecule has 1 heterocycles. The van der Waals surface area contributed by atoms with Crippen LogP contribution in [-0.2, 0) is 9.84 Å². The standard InChI is InChI=1S/C23H22ClNO3S/c1-15-12-19(24)6-9-21(15)22(14-23(26)18-10-11-25-16(2)13-18)17-4-7-20(8-5-17)29(3,27)28/h4-13,22H,14H2,1-3H3/t22-/m1/s1. The summed E-state index contributed by atoms with van der Waals surface area (Å²) < 4.78 is 23.6. The number of aromatic nitrogens is 1. The molecule has 4 nitrogen and oxygen atoms in total. The van der Waals surface area contributed by atoms with E-state index in [4.69, 9.17) is 11.6 Å². The molecule has 0 radical (unpaired) electrons. The number of rotatable bonds is 6. The van der Waals surface area contributed by atoms with Gasteiger partial charge in [0.25, 0.3) is 0 Å². The zero-order valence-electron chi connectivity index (χ0n) is 16.5. The molecule has 3 aromatic rings. The van der Waals surface area contributed by atoms with E-state index in [1.165, 1.54) is 6.26 Å². The van der Waals surface area contributed by atoms with Gasteiger partial charge >= 0.3 is 0 Å². The third kappa shape index (κ3) is 5.11. The Morgan fingerprint density at radius 3 is 2.31 bits per heavy atom. The number of benzene rings is 2. The highest BCUT2D eigenvalue weighted by atomic mass is 35.5. The van der Waals surface area contributed by atoms with Gasteiger partial charge in [-0.1, -0.05) is 29.8 Å². The summed E-state index contributed by atoms with van der Waals surface area (Å²) in [5.74, 6) is -0.219. The fraction of sp³-hybridized carbons (Fsp3) is 0.217. The molecule has 0 saturated carbocycles. The molecule has 3 rings (SSSR count). The van der Waals surface area contributed by atoms with Crippen molar-refractivity contribution >= 4 is 27.2 Å². The Labute approximate surface area is 176 Å². The minimum Gasteiger partial charge on any atom is -0.294 e. The van der Waals surface area contributed by atoms with Crippen molar-refractivity contribution in [3.05, 3.63) is 93.8 Å². The van der Waals surface area contributed by atoms with Crippen LogP contribution in [0.3, 0.4) is 0 Å². The number of aryl methyl sites for hydroxylation is 2. The normalized spacial score (nSPS) is 12.6. The molecule has 0 unspecified atom stereocenters. The number of hydrogen-bond acceptors (Lipinski definition) is 4. The summed E-state index contributed by atoms with van der Waals surface area (Å²) in [6.07, 6.45) is 3.06. The molecule has 29 heavy (non-hydrogen) atoms. The highest BCUT2D eigenvalue weighted by Gasteiger charge is 2.22. The van der Waals surface area contributed by atoms with E-state index in [0.29, 0.717) is 10.6 Å². The van der Waals surface area contributed by atoms with E-state index < -0.39 is 9.84 Å². The average Bonchev–Trinajstić information content (AvgIpc) is 2.66. The summed E-state index contributed by atoms with van der Waals surface area (Å²) in [6, 6.07) is 15.8. The maximum absolute atomic E-state index is 13.0. The van der Waals surface area contributed by atoms with Crippen LogP contribution in [0.15, 0.2) is 65.7 Å². The molecule has 6 heteroatoms. The van der Waals surface area contributed by atoms with Crippen LogP contribution < -0.4 is 0 Å². The first kappa shape index (κ1) is 21.2. The van der Waals surface area contributed by atoms with Crippen LogP contribution in [0.5, 0.6) is 0 Å². The molecule has 150 valence electrons. The third-order valence-corrected chi connectivity index (χ3v) is 6.29. The lowest BCUT2D eigenvalue weighted by atomic mass is 9.84. The average molecular weight is 428 g/mol. The predicted octanol–water partition coefficient (Wildman–Crippen LogP) is 5.16. The van der Waals surface area contributed by atoms with Gasteiger partial charge in [-0.3, -0.25) is 9.78 Å². The van der Waals surface area contributed by atoms with Gasteiger partial charge in [-0.2, -0.15) is 0 Å². The maximum atomic E-state index is 13.0. The lowest BCUT2D eigenvalue weighted by Gasteiger charge is -2.20. The number of halogens is 1. The molecule has 2 aromatic carbocycles. The fourth-order valence-electron chi connectivity index (χ4n) is 3.41. The summed E-state index contributed by atoms with van der Waals surface area (Å²) in [6.45, 7) is 3.81. The van der Waals surface area contributed by atoms with Crippen molar-refractivity contribution in [2.75, 3.05) is 6.26 Å². The van der Waals surface area contributed by atoms with E-state index in [-0.39, 0.29) is 23.0 Å². The Morgan fingerprint density at radius 1 is 1.03 bits per heavy atom. The Hall–Kier alpha value is -2.50. The van der Waals surface area contributed by atoms with Gasteiger partial charge in [0.1, 0.15) is 0 Å². The zero-order chi connectivity index (χ0) is 21.2. The van der Waals surface area contributed by atoms with Crippen LogP contribution >= 0.6 is 11.6 Å². The third-order valence-electron chi connectivity index (χ3n) is 4.93. The molecule has 0 aliphatic carbocycles. The van der Waals surface area contributed by atoms with Gasteiger partial charge in [0.05, 0.1) is 4.90 Å². The maximum Gasteiger partial charge on any atom is 0.175 e. The molecule has 0 fully saturated rings. The number of carbonyl (C=O) groups is 1. The van der Waals surface area contributed by atoms with Gasteiger partial charge < -0.3 is 0 Å². The summed E-state index contributed by atoms with van der Waals surface area (Å²) in [7, 11) is -3.29. The topological polar surface area (TPSA) is 64.1 Å². The predicted molar refractivity (Wildman–Crippen MR) is 116 cm³/mol. The lowest BCUT2D eigenvalue weighted by Crippen LogP contribution is -2.11. The van der Waals surface area contributed by atoms with Crippen molar-refractivity contribution in [3.8, 4) is 0 Å². The van der Waals surface area contributed by atoms with Crippen LogP contribution in [0.2, 0.25) is 5.02 Å². The number of hydrogen-bond donors (Lipinski definition) is 0. The molecule has 0 N–H and O–H groups in total. The largest absolute Gasteiger partial charge is 0.294 e. The van der Waals surface area contributed by atoms with Gasteiger partial charge in [-0.25, -0.2) is 8.42 Å². The van der Waals surface area contributed by atoms with Gasteiger partial charge in [0.2, 0.25) is 0 Å². The number of carbonyl (C=O) groups excluding carboxylic acids is 1. The Morgan fingerprint density at radius 2 is 1.72 bits per heavy atom. The van der Waals surface area contributed by atoms with Gasteiger partial charge in [-0.15, -0.1) is 0 Å². The quantitative estimate of drug-likeness (QED) is 0.509. The molecule has 0 bridgehead atoms. The molecule has 0 spiro atoms. The van der Waals surface area contributed by atoms with Crippen molar-refractivity contribution in [1.82, 2.24) is 4.98 Å². The van der Waals surface area contributed by atoms with Crippen molar-refractivity contribution < 1.29 is 13.2 Å². The summed E-state index contributed by atoms with van der Waals surface area (Å²) >= 11 is 6.12. The van der Waals surface area contributed by atoms with E-state index in [1.54, 1.807) is 42.6 Å². The first-order valence-corrected chi connectivity index (χ1v) is 11.4.